The van der Waals surface area contributed by atoms with Crippen molar-refractivity contribution in [3.05, 3.63) is 52.7 Å². The van der Waals surface area contributed by atoms with Crippen molar-refractivity contribution in [3.63, 3.8) is 0 Å². The largest absolute Gasteiger partial charge is 0.478 e. The second-order valence-electron chi connectivity index (χ2n) is 3.79. The van der Waals surface area contributed by atoms with Crippen molar-refractivity contribution in [1.29, 1.82) is 0 Å². The molecule has 0 atom stereocenters. The van der Waals surface area contributed by atoms with Gasteiger partial charge in [-0.05, 0) is 30.7 Å². The number of benzene rings is 1. The molecule has 0 aliphatic rings. The number of carboxylic acid groups (broad SMARTS) is 1. The van der Waals surface area contributed by atoms with Gasteiger partial charge in [0.1, 0.15) is 16.5 Å². The Morgan fingerprint density at radius 3 is 2.61 bits per heavy atom. The standard InChI is InChI=1S/C13H11ClN2O2/c1-8-7-10(13(17)18)12(16-11(8)14)15-9-5-3-2-4-6-9/h2-7H,1H3,(H,15,16)(H,17,18). The lowest BCUT2D eigenvalue weighted by atomic mass is 10.2. The monoisotopic (exact) mass is 262 g/mol. The van der Waals surface area contributed by atoms with Crippen LogP contribution in [0.4, 0.5) is 11.5 Å². The molecule has 92 valence electrons. The minimum atomic E-state index is -1.04. The van der Waals surface area contributed by atoms with Crippen molar-refractivity contribution in [3.8, 4) is 0 Å². The van der Waals surface area contributed by atoms with Gasteiger partial charge in [0.05, 0.1) is 0 Å². The molecule has 0 bridgehead atoms. The number of aromatic carboxylic acids is 1. The van der Waals surface area contributed by atoms with Crippen molar-refractivity contribution in [2.24, 2.45) is 0 Å². The fourth-order valence-corrected chi connectivity index (χ4v) is 1.65. The molecule has 0 aliphatic heterocycles. The van der Waals surface area contributed by atoms with Gasteiger partial charge in [-0.1, -0.05) is 29.8 Å². The molecule has 0 saturated carbocycles. The van der Waals surface area contributed by atoms with Crippen molar-refractivity contribution < 1.29 is 9.90 Å². The number of aryl methyl sites for hydroxylation is 1. The van der Waals surface area contributed by atoms with Crippen LogP contribution in [0.2, 0.25) is 5.15 Å². The zero-order valence-corrected chi connectivity index (χ0v) is 10.4. The van der Waals surface area contributed by atoms with Crippen LogP contribution in [0.5, 0.6) is 0 Å². The first-order valence-electron chi connectivity index (χ1n) is 5.30. The molecule has 0 fully saturated rings. The topological polar surface area (TPSA) is 62.2 Å². The summed E-state index contributed by atoms with van der Waals surface area (Å²) in [5, 5.41) is 12.4. The van der Waals surface area contributed by atoms with Gasteiger partial charge in [-0.25, -0.2) is 9.78 Å². The van der Waals surface area contributed by atoms with E-state index in [4.69, 9.17) is 16.7 Å². The Balaban J connectivity index is 2.43. The maximum atomic E-state index is 11.2. The molecule has 2 aromatic rings. The predicted octanol–water partition coefficient (Wildman–Crippen LogP) is 3.49. The summed E-state index contributed by atoms with van der Waals surface area (Å²) >= 11 is 5.91. The number of hydrogen-bond acceptors (Lipinski definition) is 3. The second kappa shape index (κ2) is 5.06. The highest BCUT2D eigenvalue weighted by atomic mass is 35.5. The second-order valence-corrected chi connectivity index (χ2v) is 4.15. The average molecular weight is 263 g/mol. The smallest absolute Gasteiger partial charge is 0.339 e. The van der Waals surface area contributed by atoms with Crippen LogP contribution >= 0.6 is 11.6 Å². The zero-order chi connectivity index (χ0) is 13.1. The normalized spacial score (nSPS) is 10.1. The first-order valence-corrected chi connectivity index (χ1v) is 5.68. The third-order valence-corrected chi connectivity index (χ3v) is 2.80. The molecule has 0 aliphatic carbocycles. The van der Waals surface area contributed by atoms with Gasteiger partial charge in [-0.3, -0.25) is 0 Å². The number of aromatic nitrogens is 1. The Labute approximate surface area is 109 Å². The first-order chi connectivity index (χ1) is 8.58. The van der Waals surface area contributed by atoms with E-state index < -0.39 is 5.97 Å². The van der Waals surface area contributed by atoms with Gasteiger partial charge >= 0.3 is 5.97 Å². The number of rotatable bonds is 3. The molecule has 0 amide bonds. The Hall–Kier alpha value is -2.07. The lowest BCUT2D eigenvalue weighted by molar-refractivity contribution is 0.0697. The van der Waals surface area contributed by atoms with Crippen LogP contribution in [0, 0.1) is 6.92 Å². The number of pyridine rings is 1. The molecule has 1 heterocycles. The van der Waals surface area contributed by atoms with Crippen LogP contribution < -0.4 is 5.32 Å². The van der Waals surface area contributed by atoms with Gasteiger partial charge in [0.15, 0.2) is 0 Å². The molecular formula is C13H11ClN2O2. The highest BCUT2D eigenvalue weighted by Gasteiger charge is 2.14. The number of nitrogens with one attached hydrogen (secondary N) is 1. The van der Waals surface area contributed by atoms with Crippen LogP contribution in [-0.2, 0) is 0 Å². The Morgan fingerprint density at radius 1 is 1.33 bits per heavy atom. The van der Waals surface area contributed by atoms with E-state index in [-0.39, 0.29) is 11.4 Å². The molecule has 5 heteroatoms. The first kappa shape index (κ1) is 12.4. The highest BCUT2D eigenvalue weighted by Crippen LogP contribution is 2.23. The van der Waals surface area contributed by atoms with E-state index in [1.165, 1.54) is 6.07 Å². The van der Waals surface area contributed by atoms with Crippen molar-refractivity contribution in [2.45, 2.75) is 6.92 Å². The lowest BCUT2D eigenvalue weighted by Crippen LogP contribution is -2.06. The number of anilines is 2. The van der Waals surface area contributed by atoms with E-state index in [0.29, 0.717) is 10.7 Å². The fraction of sp³-hybridized carbons (Fsp3) is 0.0769. The summed E-state index contributed by atoms with van der Waals surface area (Å²) in [6.45, 7) is 1.72. The van der Waals surface area contributed by atoms with Gasteiger partial charge in [0.2, 0.25) is 0 Å². The maximum absolute atomic E-state index is 11.2. The van der Waals surface area contributed by atoms with Crippen LogP contribution in [0.1, 0.15) is 15.9 Å². The van der Waals surface area contributed by atoms with Crippen LogP contribution in [0.15, 0.2) is 36.4 Å². The van der Waals surface area contributed by atoms with E-state index in [1.54, 1.807) is 6.92 Å². The molecule has 2 N–H and O–H groups in total. The van der Waals surface area contributed by atoms with Gasteiger partial charge in [0, 0.05) is 5.69 Å². The molecule has 18 heavy (non-hydrogen) atoms. The van der Waals surface area contributed by atoms with E-state index in [9.17, 15) is 4.79 Å². The molecule has 1 aromatic heterocycles. The maximum Gasteiger partial charge on any atom is 0.339 e. The molecule has 0 unspecified atom stereocenters. The SMILES string of the molecule is Cc1cc(C(=O)O)c(Nc2ccccc2)nc1Cl. The van der Waals surface area contributed by atoms with Gasteiger partial charge < -0.3 is 10.4 Å². The van der Waals surface area contributed by atoms with E-state index in [0.717, 1.165) is 5.69 Å². The Bertz CT molecular complexity index is 585. The molecular weight excluding hydrogens is 252 g/mol. The molecule has 4 nitrogen and oxygen atoms in total. The van der Waals surface area contributed by atoms with Crippen molar-refractivity contribution in [1.82, 2.24) is 4.98 Å². The Morgan fingerprint density at radius 2 is 2.00 bits per heavy atom. The minimum absolute atomic E-state index is 0.0979. The van der Waals surface area contributed by atoms with Gasteiger partial charge in [-0.15, -0.1) is 0 Å². The number of hydrogen-bond donors (Lipinski definition) is 2. The summed E-state index contributed by atoms with van der Waals surface area (Å²) in [4.78, 5) is 15.2. The third-order valence-electron chi connectivity index (χ3n) is 2.42. The summed E-state index contributed by atoms with van der Waals surface area (Å²) < 4.78 is 0. The zero-order valence-electron chi connectivity index (χ0n) is 9.64. The van der Waals surface area contributed by atoms with Crippen molar-refractivity contribution in [2.75, 3.05) is 5.32 Å². The summed E-state index contributed by atoms with van der Waals surface area (Å²) in [6, 6.07) is 10.7. The summed E-state index contributed by atoms with van der Waals surface area (Å²) in [5.41, 5.74) is 1.49. The molecule has 0 spiro atoms. The van der Waals surface area contributed by atoms with Crippen LogP contribution in [-0.4, -0.2) is 16.1 Å². The van der Waals surface area contributed by atoms with Crippen molar-refractivity contribution >= 4 is 29.1 Å². The van der Waals surface area contributed by atoms with E-state index in [2.05, 4.69) is 10.3 Å². The average Bonchev–Trinajstić information content (AvgIpc) is 2.34. The third kappa shape index (κ3) is 2.60. The molecule has 0 saturated heterocycles. The predicted molar refractivity (Wildman–Crippen MR) is 70.7 cm³/mol. The Kier molecular flexibility index (Phi) is 3.48. The van der Waals surface area contributed by atoms with Crippen LogP contribution in [0.3, 0.4) is 0 Å². The summed E-state index contributed by atoms with van der Waals surface area (Å²) in [7, 11) is 0. The lowest BCUT2D eigenvalue weighted by Gasteiger charge is -2.10. The highest BCUT2D eigenvalue weighted by molar-refractivity contribution is 6.30. The van der Waals surface area contributed by atoms with Crippen LogP contribution in [0.25, 0.3) is 0 Å². The fourth-order valence-electron chi connectivity index (χ4n) is 1.51. The minimum Gasteiger partial charge on any atom is -0.478 e. The quantitative estimate of drug-likeness (QED) is 0.831. The number of carbonyl (C=O) groups is 1. The summed E-state index contributed by atoms with van der Waals surface area (Å²) in [5.74, 6) is -0.801. The summed E-state index contributed by atoms with van der Waals surface area (Å²) in [6.07, 6.45) is 0. The molecule has 2 rings (SSSR count). The van der Waals surface area contributed by atoms with Gasteiger partial charge in [-0.2, -0.15) is 0 Å². The van der Waals surface area contributed by atoms with E-state index >= 15 is 0 Å². The number of nitrogens with zero attached hydrogens (tertiary/aromatic N) is 1. The number of para-hydroxylation sites is 1. The number of carboxylic acids is 1. The van der Waals surface area contributed by atoms with Gasteiger partial charge in [0.25, 0.3) is 0 Å². The molecule has 0 radical (unpaired) electrons. The number of halogens is 1. The molecule has 1 aromatic carbocycles. The van der Waals surface area contributed by atoms with E-state index in [1.807, 2.05) is 30.3 Å².